The third-order valence-corrected chi connectivity index (χ3v) is 3.82. The zero-order valence-electron chi connectivity index (χ0n) is 12.5. The summed E-state index contributed by atoms with van der Waals surface area (Å²) in [6, 6.07) is 9.13. The smallest absolute Gasteiger partial charge is 0.255 e. The Morgan fingerprint density at radius 1 is 0.955 bits per heavy atom. The molecule has 0 atom stereocenters. The SMILES string of the molecule is O=C(Nc1cnc(N2CCCCCC2)nc1)c1ccccc1. The maximum absolute atomic E-state index is 12.1. The van der Waals surface area contributed by atoms with E-state index < -0.39 is 0 Å². The normalized spacial score (nSPS) is 15.2. The minimum absolute atomic E-state index is 0.147. The largest absolute Gasteiger partial charge is 0.341 e. The minimum Gasteiger partial charge on any atom is -0.341 e. The molecule has 5 nitrogen and oxygen atoms in total. The summed E-state index contributed by atoms with van der Waals surface area (Å²) in [6.07, 6.45) is 8.29. The monoisotopic (exact) mass is 296 g/mol. The summed E-state index contributed by atoms with van der Waals surface area (Å²) in [5.41, 5.74) is 1.24. The van der Waals surface area contributed by atoms with Crippen LogP contribution in [0.25, 0.3) is 0 Å². The molecule has 22 heavy (non-hydrogen) atoms. The van der Waals surface area contributed by atoms with Crippen molar-refractivity contribution in [2.45, 2.75) is 25.7 Å². The van der Waals surface area contributed by atoms with E-state index >= 15 is 0 Å². The third-order valence-electron chi connectivity index (χ3n) is 3.82. The van der Waals surface area contributed by atoms with E-state index in [4.69, 9.17) is 0 Å². The molecular weight excluding hydrogens is 276 g/mol. The molecule has 114 valence electrons. The van der Waals surface area contributed by atoms with Gasteiger partial charge in [-0.25, -0.2) is 9.97 Å². The number of benzene rings is 1. The lowest BCUT2D eigenvalue weighted by molar-refractivity contribution is 0.102. The Morgan fingerprint density at radius 2 is 1.59 bits per heavy atom. The quantitative estimate of drug-likeness (QED) is 0.945. The molecule has 0 radical (unpaired) electrons. The van der Waals surface area contributed by atoms with E-state index in [0.29, 0.717) is 11.3 Å². The second kappa shape index (κ2) is 7.02. The zero-order chi connectivity index (χ0) is 15.2. The molecule has 1 N–H and O–H groups in total. The molecule has 2 aromatic rings. The van der Waals surface area contributed by atoms with E-state index in [1.807, 2.05) is 18.2 Å². The van der Waals surface area contributed by atoms with Crippen LogP contribution in [0, 0.1) is 0 Å². The van der Waals surface area contributed by atoms with Crippen LogP contribution in [0.3, 0.4) is 0 Å². The molecule has 1 fully saturated rings. The first-order valence-corrected chi connectivity index (χ1v) is 7.76. The van der Waals surface area contributed by atoms with Gasteiger partial charge in [0.25, 0.3) is 5.91 Å². The van der Waals surface area contributed by atoms with E-state index in [9.17, 15) is 4.79 Å². The predicted octanol–water partition coefficient (Wildman–Crippen LogP) is 3.11. The van der Waals surface area contributed by atoms with E-state index in [1.54, 1.807) is 24.5 Å². The number of amides is 1. The Bertz CT molecular complexity index is 604. The summed E-state index contributed by atoms with van der Waals surface area (Å²) in [6.45, 7) is 2.02. The number of hydrogen-bond acceptors (Lipinski definition) is 4. The van der Waals surface area contributed by atoms with Crippen LogP contribution in [0.2, 0.25) is 0 Å². The Morgan fingerprint density at radius 3 is 2.23 bits per heavy atom. The molecule has 1 aliphatic heterocycles. The van der Waals surface area contributed by atoms with Gasteiger partial charge in [0.15, 0.2) is 0 Å². The van der Waals surface area contributed by atoms with Gasteiger partial charge in [-0.1, -0.05) is 31.0 Å². The fraction of sp³-hybridized carbons (Fsp3) is 0.353. The van der Waals surface area contributed by atoms with Gasteiger partial charge in [-0.15, -0.1) is 0 Å². The predicted molar refractivity (Wildman–Crippen MR) is 87.1 cm³/mol. The topological polar surface area (TPSA) is 58.1 Å². The van der Waals surface area contributed by atoms with Gasteiger partial charge in [0.1, 0.15) is 0 Å². The molecule has 2 heterocycles. The standard InChI is InChI=1S/C17H20N4O/c22-16(14-8-4-3-5-9-14)20-15-12-18-17(19-13-15)21-10-6-1-2-7-11-21/h3-5,8-9,12-13H,1-2,6-7,10-11H2,(H,20,22). The van der Waals surface area contributed by atoms with Gasteiger partial charge >= 0.3 is 0 Å². The van der Waals surface area contributed by atoms with Crippen LogP contribution in [-0.2, 0) is 0 Å². The van der Waals surface area contributed by atoms with Crippen molar-refractivity contribution >= 4 is 17.5 Å². The summed E-state index contributed by atoms with van der Waals surface area (Å²) >= 11 is 0. The van der Waals surface area contributed by atoms with Gasteiger partial charge in [0.2, 0.25) is 5.95 Å². The molecule has 1 amide bonds. The lowest BCUT2D eigenvalue weighted by Crippen LogP contribution is -2.26. The fourth-order valence-electron chi connectivity index (χ4n) is 2.61. The van der Waals surface area contributed by atoms with E-state index in [-0.39, 0.29) is 5.91 Å². The average Bonchev–Trinajstić information content (AvgIpc) is 2.86. The van der Waals surface area contributed by atoms with Crippen LogP contribution in [0.4, 0.5) is 11.6 Å². The highest BCUT2D eigenvalue weighted by atomic mass is 16.1. The van der Waals surface area contributed by atoms with Crippen molar-refractivity contribution in [1.29, 1.82) is 0 Å². The second-order valence-corrected chi connectivity index (χ2v) is 5.49. The number of carbonyl (C=O) groups excluding carboxylic acids is 1. The zero-order valence-corrected chi connectivity index (χ0v) is 12.5. The van der Waals surface area contributed by atoms with Crippen molar-refractivity contribution in [2.24, 2.45) is 0 Å². The molecule has 0 bridgehead atoms. The van der Waals surface area contributed by atoms with Crippen molar-refractivity contribution in [3.63, 3.8) is 0 Å². The van der Waals surface area contributed by atoms with Crippen LogP contribution >= 0.6 is 0 Å². The molecule has 0 saturated carbocycles. The maximum Gasteiger partial charge on any atom is 0.255 e. The third kappa shape index (κ3) is 3.61. The molecule has 0 unspecified atom stereocenters. The summed E-state index contributed by atoms with van der Waals surface area (Å²) in [7, 11) is 0. The molecule has 0 spiro atoms. The summed E-state index contributed by atoms with van der Waals surface area (Å²) < 4.78 is 0. The van der Waals surface area contributed by atoms with E-state index in [0.717, 1.165) is 19.0 Å². The van der Waals surface area contributed by atoms with Crippen LogP contribution in [-0.4, -0.2) is 29.0 Å². The van der Waals surface area contributed by atoms with Crippen molar-refractivity contribution < 1.29 is 4.79 Å². The minimum atomic E-state index is -0.147. The summed E-state index contributed by atoms with van der Waals surface area (Å²) in [5, 5.41) is 2.82. The Hall–Kier alpha value is -2.43. The van der Waals surface area contributed by atoms with Gasteiger partial charge in [0, 0.05) is 18.7 Å². The Labute approximate surface area is 130 Å². The van der Waals surface area contributed by atoms with E-state index in [2.05, 4.69) is 20.2 Å². The first kappa shape index (κ1) is 14.5. The number of nitrogens with zero attached hydrogens (tertiary/aromatic N) is 3. The average molecular weight is 296 g/mol. The van der Waals surface area contributed by atoms with Crippen LogP contribution < -0.4 is 10.2 Å². The number of rotatable bonds is 3. The first-order chi connectivity index (χ1) is 10.8. The van der Waals surface area contributed by atoms with E-state index in [1.165, 1.54) is 25.7 Å². The second-order valence-electron chi connectivity index (χ2n) is 5.49. The highest BCUT2D eigenvalue weighted by molar-refractivity contribution is 6.04. The molecule has 1 aliphatic rings. The highest BCUT2D eigenvalue weighted by Crippen LogP contribution is 2.16. The van der Waals surface area contributed by atoms with Gasteiger partial charge in [-0.2, -0.15) is 0 Å². The Kier molecular flexibility index (Phi) is 4.63. The van der Waals surface area contributed by atoms with Gasteiger partial charge in [-0.3, -0.25) is 4.79 Å². The number of hydrogen-bond donors (Lipinski definition) is 1. The molecule has 1 aromatic heterocycles. The lowest BCUT2D eigenvalue weighted by Gasteiger charge is -2.19. The van der Waals surface area contributed by atoms with Crippen molar-refractivity contribution in [1.82, 2.24) is 9.97 Å². The molecule has 0 aliphatic carbocycles. The van der Waals surface area contributed by atoms with Gasteiger partial charge in [0.05, 0.1) is 18.1 Å². The molecule has 5 heteroatoms. The molecular formula is C17H20N4O. The maximum atomic E-state index is 12.1. The number of carbonyl (C=O) groups is 1. The number of aromatic nitrogens is 2. The fourth-order valence-corrected chi connectivity index (χ4v) is 2.61. The number of anilines is 2. The van der Waals surface area contributed by atoms with Crippen LogP contribution in [0.1, 0.15) is 36.0 Å². The summed E-state index contributed by atoms with van der Waals surface area (Å²) in [5.74, 6) is 0.603. The van der Waals surface area contributed by atoms with Gasteiger partial charge in [-0.05, 0) is 25.0 Å². The summed E-state index contributed by atoms with van der Waals surface area (Å²) in [4.78, 5) is 23.1. The first-order valence-electron chi connectivity index (χ1n) is 7.76. The Balaban J connectivity index is 1.65. The molecule has 1 aromatic carbocycles. The van der Waals surface area contributed by atoms with Crippen molar-refractivity contribution in [3.05, 3.63) is 48.3 Å². The lowest BCUT2D eigenvalue weighted by atomic mass is 10.2. The van der Waals surface area contributed by atoms with Gasteiger partial charge < -0.3 is 10.2 Å². The highest BCUT2D eigenvalue weighted by Gasteiger charge is 2.12. The van der Waals surface area contributed by atoms with Crippen molar-refractivity contribution in [3.8, 4) is 0 Å². The van der Waals surface area contributed by atoms with Crippen LogP contribution in [0.15, 0.2) is 42.7 Å². The van der Waals surface area contributed by atoms with Crippen LogP contribution in [0.5, 0.6) is 0 Å². The van der Waals surface area contributed by atoms with Crippen molar-refractivity contribution in [2.75, 3.05) is 23.3 Å². The molecule has 1 saturated heterocycles. The molecule has 3 rings (SSSR count). The number of nitrogens with one attached hydrogen (secondary N) is 1.